The number of hydrogen-bond acceptors (Lipinski definition) is 4. The number of aliphatic imine (C=N–C) groups is 1. The van der Waals surface area contributed by atoms with Gasteiger partial charge in [-0.1, -0.05) is 26.0 Å². The lowest BCUT2D eigenvalue weighted by Gasteiger charge is -2.21. The van der Waals surface area contributed by atoms with Gasteiger partial charge in [0.25, 0.3) is 0 Å². The van der Waals surface area contributed by atoms with Crippen LogP contribution in [0.1, 0.15) is 58.6 Å². The van der Waals surface area contributed by atoms with Crippen molar-refractivity contribution in [2.75, 3.05) is 46.1 Å². The molecule has 0 bridgehead atoms. The average molecular weight is 420 g/mol. The molecule has 0 aliphatic carbocycles. The number of nitrogens with zero attached hydrogens (tertiary/aromatic N) is 1. The van der Waals surface area contributed by atoms with Gasteiger partial charge in [-0.3, -0.25) is 4.99 Å². The van der Waals surface area contributed by atoms with E-state index in [0.717, 1.165) is 77.1 Å². The van der Waals surface area contributed by atoms with Crippen LogP contribution < -0.4 is 15.4 Å². The first kappa shape index (κ1) is 24.5. The van der Waals surface area contributed by atoms with Gasteiger partial charge in [0.05, 0.1) is 12.6 Å². The molecule has 1 aromatic carbocycles. The first-order chi connectivity index (χ1) is 14.6. The van der Waals surface area contributed by atoms with Crippen LogP contribution in [0.2, 0.25) is 0 Å². The van der Waals surface area contributed by atoms with Crippen molar-refractivity contribution in [1.29, 1.82) is 0 Å². The summed E-state index contributed by atoms with van der Waals surface area (Å²) in [5, 5.41) is 6.82. The number of guanidine groups is 1. The van der Waals surface area contributed by atoms with Gasteiger partial charge in [-0.05, 0) is 62.6 Å². The molecule has 2 N–H and O–H groups in total. The summed E-state index contributed by atoms with van der Waals surface area (Å²) in [5.74, 6) is 2.94. The number of benzene rings is 1. The molecule has 6 heteroatoms. The summed E-state index contributed by atoms with van der Waals surface area (Å²) >= 11 is 0. The second-order valence-corrected chi connectivity index (χ2v) is 8.38. The number of rotatable bonds is 12. The Morgan fingerprint density at radius 3 is 2.57 bits per heavy atom. The second kappa shape index (κ2) is 14.3. The van der Waals surface area contributed by atoms with Crippen LogP contribution in [-0.4, -0.2) is 52.1 Å². The molecule has 170 valence electrons. The first-order valence-corrected chi connectivity index (χ1v) is 11.5. The Balaban J connectivity index is 1.72. The summed E-state index contributed by atoms with van der Waals surface area (Å²) in [6.07, 6.45) is 3.17. The zero-order chi connectivity index (χ0) is 21.6. The molecule has 1 saturated heterocycles. The van der Waals surface area contributed by atoms with Gasteiger partial charge in [0.2, 0.25) is 0 Å². The van der Waals surface area contributed by atoms with Gasteiger partial charge >= 0.3 is 0 Å². The number of nitrogens with one attached hydrogen (secondary N) is 2. The number of hydrogen-bond donors (Lipinski definition) is 2. The quantitative estimate of drug-likeness (QED) is 0.302. The van der Waals surface area contributed by atoms with E-state index in [1.54, 1.807) is 0 Å². The molecule has 0 amide bonds. The van der Waals surface area contributed by atoms with Crippen molar-refractivity contribution in [2.24, 2.45) is 16.8 Å². The third-order valence-electron chi connectivity index (χ3n) is 5.07. The second-order valence-electron chi connectivity index (χ2n) is 8.38. The molecule has 30 heavy (non-hydrogen) atoms. The predicted molar refractivity (Wildman–Crippen MR) is 123 cm³/mol. The van der Waals surface area contributed by atoms with Crippen LogP contribution in [0.25, 0.3) is 0 Å². The predicted octanol–water partition coefficient (Wildman–Crippen LogP) is 4.17. The Morgan fingerprint density at radius 2 is 1.90 bits per heavy atom. The molecular formula is C24H41N3O3. The molecule has 2 rings (SSSR count). The molecule has 1 heterocycles. The van der Waals surface area contributed by atoms with Crippen LogP contribution in [0.5, 0.6) is 5.75 Å². The average Bonchev–Trinajstić information content (AvgIpc) is 2.75. The maximum Gasteiger partial charge on any atom is 0.191 e. The molecular weight excluding hydrogens is 378 g/mol. The van der Waals surface area contributed by atoms with Crippen molar-refractivity contribution in [3.8, 4) is 5.75 Å². The van der Waals surface area contributed by atoms with Gasteiger partial charge in [0.15, 0.2) is 5.96 Å². The van der Waals surface area contributed by atoms with Crippen molar-refractivity contribution in [2.45, 2.75) is 53.0 Å². The van der Waals surface area contributed by atoms with Crippen LogP contribution in [0, 0.1) is 11.8 Å². The molecule has 1 unspecified atom stereocenters. The normalized spacial score (nSPS) is 16.5. The maximum absolute atomic E-state index is 5.83. The van der Waals surface area contributed by atoms with Crippen LogP contribution in [0.15, 0.2) is 29.3 Å². The Labute approximate surface area is 182 Å². The molecule has 0 saturated carbocycles. The summed E-state index contributed by atoms with van der Waals surface area (Å²) in [7, 11) is 0. The minimum atomic E-state index is 0.159. The minimum absolute atomic E-state index is 0.159. The van der Waals surface area contributed by atoms with E-state index in [-0.39, 0.29) is 6.04 Å². The fraction of sp³-hybridized carbons (Fsp3) is 0.708. The largest absolute Gasteiger partial charge is 0.493 e. The van der Waals surface area contributed by atoms with Crippen molar-refractivity contribution in [1.82, 2.24) is 10.6 Å². The molecule has 1 aliphatic heterocycles. The maximum atomic E-state index is 5.83. The van der Waals surface area contributed by atoms with Crippen molar-refractivity contribution in [3.63, 3.8) is 0 Å². The van der Waals surface area contributed by atoms with E-state index >= 15 is 0 Å². The fourth-order valence-corrected chi connectivity index (χ4v) is 3.24. The monoisotopic (exact) mass is 419 g/mol. The highest BCUT2D eigenvalue weighted by atomic mass is 16.5. The van der Waals surface area contributed by atoms with Crippen LogP contribution in [0.4, 0.5) is 0 Å². The molecule has 0 aromatic heterocycles. The third-order valence-corrected chi connectivity index (χ3v) is 5.07. The molecule has 6 nitrogen and oxygen atoms in total. The van der Waals surface area contributed by atoms with E-state index in [0.29, 0.717) is 11.8 Å². The topological polar surface area (TPSA) is 64.1 Å². The first-order valence-electron chi connectivity index (χ1n) is 11.5. The summed E-state index contributed by atoms with van der Waals surface area (Å²) in [4.78, 5) is 4.70. The summed E-state index contributed by atoms with van der Waals surface area (Å²) in [5.41, 5.74) is 1.21. The molecule has 1 fully saturated rings. The highest BCUT2D eigenvalue weighted by Gasteiger charge is 2.13. The van der Waals surface area contributed by atoms with Gasteiger partial charge in [-0.25, -0.2) is 0 Å². The Bertz CT molecular complexity index is 598. The van der Waals surface area contributed by atoms with Crippen LogP contribution in [0.3, 0.4) is 0 Å². The lowest BCUT2D eigenvalue weighted by Crippen LogP contribution is -2.38. The van der Waals surface area contributed by atoms with E-state index < -0.39 is 0 Å². The van der Waals surface area contributed by atoms with Gasteiger partial charge in [-0.15, -0.1) is 0 Å². The highest BCUT2D eigenvalue weighted by molar-refractivity contribution is 5.80. The van der Waals surface area contributed by atoms with Gasteiger partial charge in [-0.2, -0.15) is 0 Å². The Kier molecular flexibility index (Phi) is 11.6. The standard InChI is InChI=1S/C24H41N3O3/c1-5-25-24(26-13-6-14-29-18-21-11-15-28-16-12-21)27-20(4)22-7-9-23(10-8-22)30-17-19(2)3/h7-10,19-21H,5-6,11-18H2,1-4H3,(H2,25,26,27). The molecule has 1 aliphatic rings. The molecule has 0 radical (unpaired) electrons. The highest BCUT2D eigenvalue weighted by Crippen LogP contribution is 2.18. The van der Waals surface area contributed by atoms with Gasteiger partial charge < -0.3 is 24.8 Å². The van der Waals surface area contributed by atoms with Crippen LogP contribution >= 0.6 is 0 Å². The van der Waals surface area contributed by atoms with Gasteiger partial charge in [0.1, 0.15) is 5.75 Å². The van der Waals surface area contributed by atoms with E-state index in [9.17, 15) is 0 Å². The van der Waals surface area contributed by atoms with Crippen LogP contribution in [-0.2, 0) is 9.47 Å². The van der Waals surface area contributed by atoms with E-state index in [1.165, 1.54) is 5.56 Å². The number of ether oxygens (including phenoxy) is 3. The smallest absolute Gasteiger partial charge is 0.191 e. The van der Waals surface area contributed by atoms with E-state index in [1.807, 2.05) is 12.1 Å². The zero-order valence-corrected chi connectivity index (χ0v) is 19.3. The Hall–Kier alpha value is -1.79. The Morgan fingerprint density at radius 1 is 1.17 bits per heavy atom. The lowest BCUT2D eigenvalue weighted by molar-refractivity contribution is 0.0205. The summed E-state index contributed by atoms with van der Waals surface area (Å²) < 4.78 is 17.0. The van der Waals surface area contributed by atoms with E-state index in [4.69, 9.17) is 19.2 Å². The molecule has 1 aromatic rings. The zero-order valence-electron chi connectivity index (χ0n) is 19.3. The third kappa shape index (κ3) is 9.81. The van der Waals surface area contributed by atoms with Crippen molar-refractivity contribution in [3.05, 3.63) is 29.8 Å². The fourth-order valence-electron chi connectivity index (χ4n) is 3.24. The lowest BCUT2D eigenvalue weighted by atomic mass is 10.0. The summed E-state index contributed by atoms with van der Waals surface area (Å²) in [6, 6.07) is 8.46. The van der Waals surface area contributed by atoms with Gasteiger partial charge in [0, 0.05) is 39.5 Å². The van der Waals surface area contributed by atoms with Crippen molar-refractivity contribution >= 4 is 5.96 Å². The summed E-state index contributed by atoms with van der Waals surface area (Å²) in [6.45, 7) is 14.2. The SMILES string of the molecule is CCNC(=NCCCOCC1CCOCC1)NC(C)c1ccc(OCC(C)C)cc1. The molecule has 0 spiro atoms. The molecule has 1 atom stereocenters. The minimum Gasteiger partial charge on any atom is -0.493 e. The van der Waals surface area contributed by atoms with E-state index in [2.05, 4.69) is 50.5 Å². The van der Waals surface area contributed by atoms with Crippen molar-refractivity contribution < 1.29 is 14.2 Å².